The van der Waals surface area contributed by atoms with Gasteiger partial charge in [-0.05, 0) is 43.4 Å². The Bertz CT molecular complexity index is 738. The third-order valence-corrected chi connectivity index (χ3v) is 5.70. The van der Waals surface area contributed by atoms with Crippen molar-refractivity contribution >= 4 is 29.5 Å². The van der Waals surface area contributed by atoms with Gasteiger partial charge in [0.25, 0.3) is 0 Å². The summed E-state index contributed by atoms with van der Waals surface area (Å²) in [5, 5.41) is 12.2. The molecule has 130 valence electrons. The molecule has 0 saturated heterocycles. The van der Waals surface area contributed by atoms with Gasteiger partial charge in [-0.1, -0.05) is 18.9 Å². The predicted octanol–water partition coefficient (Wildman–Crippen LogP) is 3.30. The number of nitrogens with one attached hydrogen (secondary N) is 2. The summed E-state index contributed by atoms with van der Waals surface area (Å²) in [6.07, 6.45) is 4.29. The van der Waals surface area contributed by atoms with Crippen molar-refractivity contribution in [1.29, 1.82) is 0 Å². The Morgan fingerprint density at radius 3 is 3.04 bits per heavy atom. The van der Waals surface area contributed by atoms with Gasteiger partial charge in [0.15, 0.2) is 10.6 Å². The monoisotopic (exact) mass is 366 g/mol. The van der Waals surface area contributed by atoms with Crippen molar-refractivity contribution in [3.05, 3.63) is 22.3 Å². The highest BCUT2D eigenvalue weighted by atomic mass is 32.1. The van der Waals surface area contributed by atoms with Crippen LogP contribution in [-0.2, 0) is 9.53 Å². The first-order chi connectivity index (χ1) is 11.6. The van der Waals surface area contributed by atoms with Gasteiger partial charge in [-0.25, -0.2) is 0 Å². The Morgan fingerprint density at radius 2 is 2.33 bits per heavy atom. The second-order valence-corrected chi connectivity index (χ2v) is 7.38. The molecule has 3 rings (SSSR count). The Morgan fingerprint density at radius 1 is 1.54 bits per heavy atom. The van der Waals surface area contributed by atoms with Gasteiger partial charge >= 0.3 is 0 Å². The zero-order chi connectivity index (χ0) is 17.1. The maximum atomic E-state index is 12.8. The van der Waals surface area contributed by atoms with Gasteiger partial charge in [0.1, 0.15) is 6.04 Å². The van der Waals surface area contributed by atoms with Gasteiger partial charge in [-0.2, -0.15) is 5.10 Å². The smallest absolute Gasteiger partial charge is 0.243 e. The lowest BCUT2D eigenvalue weighted by atomic mass is 9.92. The van der Waals surface area contributed by atoms with Gasteiger partial charge in [-0.3, -0.25) is 14.5 Å². The Kier molecular flexibility index (Phi) is 5.47. The molecule has 2 N–H and O–H groups in total. The van der Waals surface area contributed by atoms with Crippen molar-refractivity contribution in [1.82, 2.24) is 20.1 Å². The molecule has 1 aliphatic rings. The fourth-order valence-electron chi connectivity index (χ4n) is 3.21. The molecule has 1 fully saturated rings. The largest absolute Gasteiger partial charge is 0.379 e. The summed E-state index contributed by atoms with van der Waals surface area (Å²) in [6.45, 7) is 1.85. The van der Waals surface area contributed by atoms with Crippen molar-refractivity contribution in [2.45, 2.75) is 50.8 Å². The number of carbonyl (C=O) groups is 1. The van der Waals surface area contributed by atoms with E-state index < -0.39 is 6.04 Å². The lowest BCUT2D eigenvalue weighted by Gasteiger charge is -2.32. The van der Waals surface area contributed by atoms with E-state index >= 15 is 0 Å². The number of hydrogen-bond donors (Lipinski definition) is 2. The quantitative estimate of drug-likeness (QED) is 0.797. The number of hydrogen-bond acceptors (Lipinski definition) is 5. The van der Waals surface area contributed by atoms with E-state index in [9.17, 15) is 4.79 Å². The molecule has 2 heterocycles. The van der Waals surface area contributed by atoms with Crippen LogP contribution in [0.1, 0.15) is 38.6 Å². The number of carbonyl (C=O) groups excluding carboxylic acids is 1. The van der Waals surface area contributed by atoms with Crippen LogP contribution in [0.5, 0.6) is 0 Å². The summed E-state index contributed by atoms with van der Waals surface area (Å²) in [6, 6.07) is 3.55. The van der Waals surface area contributed by atoms with Crippen LogP contribution in [0.2, 0.25) is 0 Å². The molecule has 1 amide bonds. The van der Waals surface area contributed by atoms with Crippen LogP contribution in [0.25, 0.3) is 10.7 Å². The first kappa shape index (κ1) is 17.3. The van der Waals surface area contributed by atoms with Crippen LogP contribution in [0.4, 0.5) is 0 Å². The van der Waals surface area contributed by atoms with Crippen LogP contribution in [0.3, 0.4) is 0 Å². The maximum Gasteiger partial charge on any atom is 0.243 e. The summed E-state index contributed by atoms with van der Waals surface area (Å²) in [4.78, 5) is 13.8. The highest BCUT2D eigenvalue weighted by Gasteiger charge is 2.29. The zero-order valence-corrected chi connectivity index (χ0v) is 15.5. The maximum absolute atomic E-state index is 12.8. The van der Waals surface area contributed by atoms with Crippen LogP contribution >= 0.6 is 23.6 Å². The van der Waals surface area contributed by atoms with E-state index in [4.69, 9.17) is 17.0 Å². The lowest BCUT2D eigenvalue weighted by Crippen LogP contribution is -2.47. The summed E-state index contributed by atoms with van der Waals surface area (Å²) in [5.41, 5.74) is 0. The van der Waals surface area contributed by atoms with Crippen LogP contribution in [0, 0.1) is 4.77 Å². The minimum atomic E-state index is -0.437. The van der Waals surface area contributed by atoms with Crippen molar-refractivity contribution in [3.8, 4) is 10.7 Å². The van der Waals surface area contributed by atoms with E-state index in [1.54, 1.807) is 23.0 Å². The molecule has 2 aromatic rings. The summed E-state index contributed by atoms with van der Waals surface area (Å²) in [7, 11) is 1.71. The standard InChI is InChI=1S/C16H22N4O2S2/c1-10(15(21)17-11-6-3-4-7-12(11)22-2)20-14(18-19-16(20)23)13-8-5-9-24-13/h5,8-12H,3-4,6-7H2,1-2H3,(H,17,21)(H,19,23)/t10-,11-,12+/m0/s1. The summed E-state index contributed by atoms with van der Waals surface area (Å²) in [5.74, 6) is 0.642. The average Bonchev–Trinajstić information content (AvgIpc) is 3.24. The third-order valence-electron chi connectivity index (χ3n) is 4.55. The number of rotatable bonds is 5. The van der Waals surface area contributed by atoms with E-state index in [1.807, 2.05) is 24.4 Å². The summed E-state index contributed by atoms with van der Waals surface area (Å²) >= 11 is 6.91. The van der Waals surface area contributed by atoms with Gasteiger partial charge < -0.3 is 10.1 Å². The molecular weight excluding hydrogens is 344 g/mol. The first-order valence-corrected chi connectivity index (χ1v) is 9.44. The minimum Gasteiger partial charge on any atom is -0.379 e. The molecule has 0 spiro atoms. The topological polar surface area (TPSA) is 71.9 Å². The molecule has 0 aliphatic heterocycles. The molecule has 0 unspecified atom stereocenters. The molecular formula is C16H22N4O2S2. The van der Waals surface area contributed by atoms with Crippen LogP contribution in [-0.4, -0.2) is 39.9 Å². The van der Waals surface area contributed by atoms with Crippen LogP contribution in [0.15, 0.2) is 17.5 Å². The van der Waals surface area contributed by atoms with Crippen LogP contribution < -0.4 is 5.32 Å². The SMILES string of the molecule is CO[C@@H]1CCCC[C@@H]1NC(=O)[C@H](C)n1c(-c2cccs2)n[nH]c1=S. The average molecular weight is 367 g/mol. The highest BCUT2D eigenvalue weighted by molar-refractivity contribution is 7.71. The molecule has 24 heavy (non-hydrogen) atoms. The van der Waals surface area contributed by atoms with Gasteiger partial charge in [0.05, 0.1) is 17.0 Å². The fourth-order valence-corrected chi connectivity index (χ4v) is 4.21. The van der Waals surface area contributed by atoms with Crippen molar-refractivity contribution in [3.63, 3.8) is 0 Å². The third kappa shape index (κ3) is 3.45. The molecule has 0 radical (unpaired) electrons. The molecule has 2 aromatic heterocycles. The second-order valence-electron chi connectivity index (χ2n) is 6.05. The predicted molar refractivity (Wildman–Crippen MR) is 96.6 cm³/mol. The highest BCUT2D eigenvalue weighted by Crippen LogP contribution is 2.26. The number of thiophene rings is 1. The first-order valence-electron chi connectivity index (χ1n) is 8.15. The van der Waals surface area contributed by atoms with E-state index in [0.717, 1.165) is 30.6 Å². The minimum absolute atomic E-state index is 0.0562. The Labute approximate surface area is 150 Å². The molecule has 1 aliphatic carbocycles. The molecule has 0 aromatic carbocycles. The Hall–Kier alpha value is -1.51. The molecule has 6 nitrogen and oxygen atoms in total. The molecule has 3 atom stereocenters. The number of H-pyrrole nitrogens is 1. The molecule has 0 bridgehead atoms. The number of aromatic amines is 1. The van der Waals surface area contributed by atoms with Gasteiger partial charge in [-0.15, -0.1) is 11.3 Å². The molecule has 1 saturated carbocycles. The summed E-state index contributed by atoms with van der Waals surface area (Å²) < 4.78 is 7.75. The second kappa shape index (κ2) is 7.58. The number of aromatic nitrogens is 3. The van der Waals surface area contributed by atoms with E-state index in [2.05, 4.69) is 15.5 Å². The van der Waals surface area contributed by atoms with Gasteiger partial charge in [0, 0.05) is 7.11 Å². The number of amides is 1. The number of ether oxygens (including phenoxy) is 1. The van der Waals surface area contributed by atoms with E-state index in [1.165, 1.54) is 0 Å². The number of methoxy groups -OCH3 is 1. The fraction of sp³-hybridized carbons (Fsp3) is 0.562. The normalized spacial score (nSPS) is 22.2. The molecule has 8 heteroatoms. The van der Waals surface area contributed by atoms with Crippen molar-refractivity contribution in [2.75, 3.05) is 7.11 Å². The zero-order valence-electron chi connectivity index (χ0n) is 13.8. The lowest BCUT2D eigenvalue weighted by molar-refractivity contribution is -0.126. The Balaban J connectivity index is 1.79. The van der Waals surface area contributed by atoms with Crippen molar-refractivity contribution < 1.29 is 9.53 Å². The van der Waals surface area contributed by atoms with E-state index in [0.29, 0.717) is 10.6 Å². The van der Waals surface area contributed by atoms with Gasteiger partial charge in [0.2, 0.25) is 5.91 Å². The number of nitrogens with zero attached hydrogens (tertiary/aromatic N) is 2. The van der Waals surface area contributed by atoms with E-state index in [-0.39, 0.29) is 18.1 Å². The van der Waals surface area contributed by atoms with Crippen molar-refractivity contribution in [2.24, 2.45) is 0 Å².